The van der Waals surface area contributed by atoms with Gasteiger partial charge in [-0.15, -0.1) is 0 Å². The molecule has 0 saturated carbocycles. The van der Waals surface area contributed by atoms with E-state index >= 15 is 0 Å². The molecule has 1 N–H and O–H groups in total. The van der Waals surface area contributed by atoms with Crippen LogP contribution in [0.25, 0.3) is 21.9 Å². The summed E-state index contributed by atoms with van der Waals surface area (Å²) in [7, 11) is 0. The average Bonchev–Trinajstić information content (AvgIpc) is 2.73. The molecule has 0 spiro atoms. The van der Waals surface area contributed by atoms with Crippen LogP contribution in [0, 0.1) is 17.1 Å². The van der Waals surface area contributed by atoms with Gasteiger partial charge < -0.3 is 4.74 Å². The molecule has 0 aliphatic rings. The molecule has 0 unspecified atom stereocenters. The molecule has 0 aliphatic heterocycles. The minimum atomic E-state index is -0.562. The van der Waals surface area contributed by atoms with Crippen molar-refractivity contribution in [3.8, 4) is 23.1 Å². The first kappa shape index (κ1) is 17.5. The van der Waals surface area contributed by atoms with E-state index in [1.807, 2.05) is 60.7 Å². The number of H-pyrrole nitrogens is 1. The highest BCUT2D eigenvalue weighted by Gasteiger charge is 2.13. The van der Waals surface area contributed by atoms with Gasteiger partial charge in [-0.2, -0.15) is 5.26 Å². The molecule has 136 valence electrons. The van der Waals surface area contributed by atoms with Crippen LogP contribution in [-0.2, 0) is 6.61 Å². The van der Waals surface area contributed by atoms with E-state index < -0.39 is 11.4 Å². The first-order valence-corrected chi connectivity index (χ1v) is 8.69. The van der Waals surface area contributed by atoms with Crippen molar-refractivity contribution in [3.05, 3.63) is 100 Å². The first-order valence-electron chi connectivity index (χ1n) is 8.69. The molecule has 3 aromatic carbocycles. The van der Waals surface area contributed by atoms with Crippen molar-refractivity contribution in [1.29, 1.82) is 5.26 Å². The molecule has 0 atom stereocenters. The van der Waals surface area contributed by atoms with E-state index in [1.165, 1.54) is 18.2 Å². The van der Waals surface area contributed by atoms with Gasteiger partial charge in [-0.25, -0.2) is 4.39 Å². The number of nitrogens with one attached hydrogen (secondary N) is 1. The van der Waals surface area contributed by atoms with Crippen LogP contribution in [0.3, 0.4) is 0 Å². The van der Waals surface area contributed by atoms with Crippen molar-refractivity contribution >= 4 is 10.8 Å². The number of rotatable bonds is 4. The van der Waals surface area contributed by atoms with Crippen LogP contribution < -0.4 is 10.3 Å². The van der Waals surface area contributed by atoms with Gasteiger partial charge in [0.25, 0.3) is 5.56 Å². The third-order valence-corrected chi connectivity index (χ3v) is 4.54. The number of aromatic nitrogens is 1. The lowest BCUT2D eigenvalue weighted by molar-refractivity contribution is 0.297. The molecule has 0 fully saturated rings. The van der Waals surface area contributed by atoms with Gasteiger partial charge in [-0.1, -0.05) is 54.6 Å². The van der Waals surface area contributed by atoms with Crippen LogP contribution in [0.5, 0.6) is 5.88 Å². The number of aromatic amines is 1. The molecular weight excluding hydrogens is 355 g/mol. The standard InChI is InChI=1S/C23H15FN2O2/c24-17-10-11-19-20(12-17)23(26-22(27)21(19)13-25)28-14-16-8-4-5-9-18(16)15-6-2-1-3-7-15/h1-12H,14H2,(H,26,27). The summed E-state index contributed by atoms with van der Waals surface area (Å²) in [6, 6.07) is 23.4. The zero-order valence-electron chi connectivity index (χ0n) is 14.8. The van der Waals surface area contributed by atoms with Crippen molar-refractivity contribution in [1.82, 2.24) is 4.98 Å². The second-order valence-corrected chi connectivity index (χ2v) is 6.27. The summed E-state index contributed by atoms with van der Waals surface area (Å²) >= 11 is 0. The van der Waals surface area contributed by atoms with Crippen molar-refractivity contribution < 1.29 is 9.13 Å². The maximum atomic E-state index is 13.8. The summed E-state index contributed by atoms with van der Waals surface area (Å²) in [5, 5.41) is 9.96. The molecule has 4 aromatic rings. The van der Waals surface area contributed by atoms with Crippen molar-refractivity contribution in [2.75, 3.05) is 0 Å². The number of hydrogen-bond acceptors (Lipinski definition) is 3. The van der Waals surface area contributed by atoms with Gasteiger partial charge in [0, 0.05) is 10.8 Å². The highest BCUT2D eigenvalue weighted by atomic mass is 19.1. The molecule has 4 nitrogen and oxygen atoms in total. The minimum Gasteiger partial charge on any atom is -0.474 e. The fraction of sp³-hybridized carbons (Fsp3) is 0.0435. The smallest absolute Gasteiger partial charge is 0.269 e. The zero-order valence-corrected chi connectivity index (χ0v) is 14.8. The Morgan fingerprint density at radius 1 is 0.964 bits per heavy atom. The van der Waals surface area contributed by atoms with E-state index in [0.717, 1.165) is 16.7 Å². The summed E-state index contributed by atoms with van der Waals surface area (Å²) in [6.07, 6.45) is 0. The van der Waals surface area contributed by atoms with Crippen LogP contribution in [0.4, 0.5) is 4.39 Å². The number of nitrogens with zero attached hydrogens (tertiary/aromatic N) is 1. The second-order valence-electron chi connectivity index (χ2n) is 6.27. The Hall–Kier alpha value is -3.91. The molecule has 28 heavy (non-hydrogen) atoms. The Labute approximate surface area is 160 Å². The lowest BCUT2D eigenvalue weighted by Crippen LogP contribution is -2.13. The number of hydrogen-bond donors (Lipinski definition) is 1. The topological polar surface area (TPSA) is 65.9 Å². The Kier molecular flexibility index (Phi) is 4.61. The third kappa shape index (κ3) is 3.24. The number of halogens is 1. The Morgan fingerprint density at radius 3 is 2.50 bits per heavy atom. The van der Waals surface area contributed by atoms with E-state index in [2.05, 4.69) is 4.98 Å². The fourth-order valence-corrected chi connectivity index (χ4v) is 3.20. The third-order valence-electron chi connectivity index (χ3n) is 4.54. The Bertz CT molecular complexity index is 1260. The molecule has 5 heteroatoms. The highest BCUT2D eigenvalue weighted by molar-refractivity contribution is 5.91. The number of benzene rings is 3. The van der Waals surface area contributed by atoms with Crippen LogP contribution in [0.1, 0.15) is 11.1 Å². The predicted octanol–water partition coefficient (Wildman–Crippen LogP) is 4.78. The fourth-order valence-electron chi connectivity index (χ4n) is 3.20. The molecule has 0 radical (unpaired) electrons. The average molecular weight is 370 g/mol. The molecule has 0 saturated heterocycles. The summed E-state index contributed by atoms with van der Waals surface area (Å²) < 4.78 is 19.6. The van der Waals surface area contributed by atoms with Crippen molar-refractivity contribution in [2.24, 2.45) is 0 Å². The van der Waals surface area contributed by atoms with Gasteiger partial charge in [0.1, 0.15) is 24.1 Å². The van der Waals surface area contributed by atoms with Gasteiger partial charge >= 0.3 is 0 Å². The normalized spacial score (nSPS) is 10.6. The summed E-state index contributed by atoms with van der Waals surface area (Å²) in [5.41, 5.74) is 2.35. The number of nitriles is 1. The zero-order chi connectivity index (χ0) is 19.5. The molecule has 1 aromatic heterocycles. The lowest BCUT2D eigenvalue weighted by atomic mass is 10.0. The van der Waals surface area contributed by atoms with E-state index in [0.29, 0.717) is 10.8 Å². The second kappa shape index (κ2) is 7.37. The quantitative estimate of drug-likeness (QED) is 0.562. The first-order chi connectivity index (χ1) is 13.7. The van der Waals surface area contributed by atoms with Crippen LogP contribution in [0.15, 0.2) is 77.6 Å². The maximum Gasteiger partial charge on any atom is 0.269 e. The Balaban J connectivity index is 1.75. The van der Waals surface area contributed by atoms with Crippen LogP contribution in [-0.4, -0.2) is 4.98 Å². The number of fused-ring (bicyclic) bond motifs is 1. The largest absolute Gasteiger partial charge is 0.474 e. The Morgan fingerprint density at radius 2 is 1.71 bits per heavy atom. The molecule has 0 bridgehead atoms. The van der Waals surface area contributed by atoms with Gasteiger partial charge in [0.15, 0.2) is 0 Å². The predicted molar refractivity (Wildman–Crippen MR) is 105 cm³/mol. The molecule has 0 amide bonds. The summed E-state index contributed by atoms with van der Waals surface area (Å²) in [6.45, 7) is 0.179. The van der Waals surface area contributed by atoms with E-state index in [-0.39, 0.29) is 18.1 Å². The van der Waals surface area contributed by atoms with Crippen molar-refractivity contribution in [3.63, 3.8) is 0 Å². The maximum absolute atomic E-state index is 13.8. The number of pyridine rings is 1. The number of ether oxygens (including phenoxy) is 1. The van der Waals surface area contributed by atoms with Gasteiger partial charge in [-0.3, -0.25) is 9.78 Å². The van der Waals surface area contributed by atoms with Crippen LogP contribution >= 0.6 is 0 Å². The van der Waals surface area contributed by atoms with Crippen LogP contribution in [0.2, 0.25) is 0 Å². The molecule has 4 rings (SSSR count). The summed E-state index contributed by atoms with van der Waals surface area (Å²) in [5.74, 6) is -0.334. The van der Waals surface area contributed by atoms with Gasteiger partial charge in [0.05, 0.1) is 0 Å². The van der Waals surface area contributed by atoms with E-state index in [4.69, 9.17) is 4.74 Å². The monoisotopic (exact) mass is 370 g/mol. The minimum absolute atomic E-state index is 0.0629. The van der Waals surface area contributed by atoms with Gasteiger partial charge in [-0.05, 0) is 34.9 Å². The highest BCUT2D eigenvalue weighted by Crippen LogP contribution is 2.28. The molecule has 0 aliphatic carbocycles. The lowest BCUT2D eigenvalue weighted by Gasteiger charge is -2.13. The van der Waals surface area contributed by atoms with Crippen molar-refractivity contribution in [2.45, 2.75) is 6.61 Å². The summed E-state index contributed by atoms with van der Waals surface area (Å²) in [4.78, 5) is 14.8. The van der Waals surface area contributed by atoms with E-state index in [1.54, 1.807) is 0 Å². The molecular formula is C23H15FN2O2. The molecule has 1 heterocycles. The van der Waals surface area contributed by atoms with Gasteiger partial charge in [0.2, 0.25) is 5.88 Å². The SMILES string of the molecule is N#Cc1c(=O)[nH]c(OCc2ccccc2-c2ccccc2)c2cc(F)ccc12. The van der Waals surface area contributed by atoms with E-state index in [9.17, 15) is 14.4 Å².